The molecule has 2 unspecified atom stereocenters. The van der Waals surface area contributed by atoms with Gasteiger partial charge in [0.2, 0.25) is 12.2 Å². The number of carboxylic acids is 2. The lowest BCUT2D eigenvalue weighted by atomic mass is 9.39. The molecule has 0 spiro atoms. The van der Waals surface area contributed by atoms with Gasteiger partial charge in [0.15, 0.2) is 16.9 Å². The van der Waals surface area contributed by atoms with Crippen molar-refractivity contribution in [1.29, 1.82) is 0 Å². The minimum atomic E-state index is -1.97. The van der Waals surface area contributed by atoms with Gasteiger partial charge in [-0.2, -0.15) is 10.2 Å². The van der Waals surface area contributed by atoms with Gasteiger partial charge in [-0.3, -0.25) is 43.7 Å². The van der Waals surface area contributed by atoms with Crippen LogP contribution >= 0.6 is 11.3 Å². The molecule has 0 radical (unpaired) electrons. The number of hydrogen-bond donors (Lipinski definition) is 7. The van der Waals surface area contributed by atoms with Crippen LogP contribution in [0.5, 0.6) is 5.75 Å². The zero-order valence-electron chi connectivity index (χ0n) is 58.5. The first-order valence-corrected chi connectivity index (χ1v) is 35.9. The molecule has 3 aromatic heterocycles. The van der Waals surface area contributed by atoms with Gasteiger partial charge in [0.05, 0.1) is 54.1 Å². The van der Waals surface area contributed by atoms with Crippen molar-refractivity contribution in [2.75, 3.05) is 68.7 Å². The number of benzene rings is 3. The number of aliphatic hydroxyl groups is 3. The molecule has 3 aliphatic heterocycles. The molecule has 6 aromatic rings. The second kappa shape index (κ2) is 31.6. The molecule has 5 fully saturated rings. The molecule has 7 aliphatic rings. The van der Waals surface area contributed by atoms with Crippen LogP contribution in [-0.4, -0.2) is 192 Å². The van der Waals surface area contributed by atoms with Crippen LogP contribution in [0.4, 0.5) is 21.4 Å². The number of hydrogen-bond acceptors (Lipinski definition) is 22. The Morgan fingerprint density at radius 2 is 1.55 bits per heavy atom. The van der Waals surface area contributed by atoms with E-state index >= 15 is 0 Å². The van der Waals surface area contributed by atoms with Crippen molar-refractivity contribution in [3.63, 3.8) is 0 Å². The fourth-order valence-corrected chi connectivity index (χ4v) is 17.7. The number of aliphatic hydroxyl groups excluding tert-OH is 3. The van der Waals surface area contributed by atoms with Crippen molar-refractivity contribution < 1.29 is 92.4 Å². The summed E-state index contributed by atoms with van der Waals surface area (Å²) in [4.78, 5) is 119. The highest BCUT2D eigenvalue weighted by atomic mass is 32.1. The van der Waals surface area contributed by atoms with Gasteiger partial charge in [0.25, 0.3) is 17.7 Å². The van der Waals surface area contributed by atoms with Gasteiger partial charge in [-0.15, -0.1) is 0 Å². The monoisotopic (exact) mass is 1450 g/mol. The molecule has 4 saturated carbocycles. The number of unbranched alkanes of at least 4 members (excludes halogenated alkanes) is 2. The van der Waals surface area contributed by atoms with E-state index in [9.17, 15) is 63.9 Å². The van der Waals surface area contributed by atoms with E-state index in [2.05, 4.69) is 29.5 Å². The highest BCUT2D eigenvalue weighted by molar-refractivity contribution is 7.22. The maximum Gasteiger partial charge on any atom is 0.433 e. The number of rotatable bonds is 32. The first-order valence-electron chi connectivity index (χ1n) is 35.1. The third-order valence-corrected chi connectivity index (χ3v) is 21.4. The van der Waals surface area contributed by atoms with E-state index in [1.54, 1.807) is 24.4 Å². The fourth-order valence-electron chi connectivity index (χ4n) is 16.9. The van der Waals surface area contributed by atoms with Crippen molar-refractivity contribution in [3.05, 3.63) is 131 Å². The maximum atomic E-state index is 13.8. The minimum Gasteiger partial charge on any atom is -0.479 e. The van der Waals surface area contributed by atoms with Gasteiger partial charge < -0.3 is 59.4 Å². The Balaban J connectivity index is 0.597. The molecule has 4 bridgehead atoms. The predicted molar refractivity (Wildman–Crippen MR) is 379 cm³/mol. The summed E-state index contributed by atoms with van der Waals surface area (Å²) < 4.78 is 32.4. The van der Waals surface area contributed by atoms with E-state index in [-0.39, 0.29) is 121 Å². The van der Waals surface area contributed by atoms with E-state index in [4.69, 9.17) is 38.6 Å². The van der Waals surface area contributed by atoms with E-state index in [1.165, 1.54) is 48.7 Å². The second-order valence-corrected chi connectivity index (χ2v) is 29.9. The number of ether oxygens (including phenoxy) is 5. The molecular formula is C75H87N9O19S. The number of Topliss-reactive ketones (excluding diaryl/α,β-unsaturated/α-hetero) is 1. The smallest absolute Gasteiger partial charge is 0.433 e. The first kappa shape index (κ1) is 74.4. The van der Waals surface area contributed by atoms with Crippen molar-refractivity contribution in [1.82, 2.24) is 29.7 Å². The Hall–Kier alpha value is -9.33. The van der Waals surface area contributed by atoms with Crippen LogP contribution < -0.4 is 20.3 Å². The van der Waals surface area contributed by atoms with Crippen molar-refractivity contribution in [2.45, 2.75) is 160 Å². The SMILES string of the molecule is Cc1c(-c2ccc(N3CCc4cccc(C(=O)Nc5nc6ccccc6s5)c4C3)nc2C(=O)O)cnn1CC12CC3(C)CC(C)(C1)CC(OCCOCCON(C)C(=O)OC/C=C/c1ccc(O[C@@H]4O[C@H](C(=O)O)[C@H](O)[C@H](O)[C@@H]4O)c(NC(=O)CCCC(=O)CCCCCN4C(=O)C=CC4=O)c1)(C3)C2. The number of hydroxylamine groups is 2. The molecule has 6 heterocycles. The van der Waals surface area contributed by atoms with Crippen LogP contribution in [0.3, 0.4) is 0 Å². The molecule has 5 amide bonds. The number of imide groups is 1. The predicted octanol–water partition coefficient (Wildman–Crippen LogP) is 8.68. The Labute approximate surface area is 603 Å². The van der Waals surface area contributed by atoms with Crippen LogP contribution in [0.15, 0.2) is 97.2 Å². The summed E-state index contributed by atoms with van der Waals surface area (Å²) in [5.41, 5.74) is 5.20. The number of aromatic nitrogens is 4. The van der Waals surface area contributed by atoms with Crippen molar-refractivity contribution >= 4 is 91.7 Å². The number of carbonyl (C=O) groups is 8. The number of fused-ring (bicyclic) bond motifs is 2. The molecule has 1 saturated heterocycles. The zero-order valence-corrected chi connectivity index (χ0v) is 59.3. The summed E-state index contributed by atoms with van der Waals surface area (Å²) in [6.45, 7) is 9.16. The summed E-state index contributed by atoms with van der Waals surface area (Å²) in [6, 6.07) is 21.5. The fraction of sp³-hybridized carbons (Fsp3) is 0.480. The highest BCUT2D eigenvalue weighted by Gasteiger charge is 2.66. The molecule has 104 heavy (non-hydrogen) atoms. The highest BCUT2D eigenvalue weighted by Crippen LogP contribution is 2.72. The summed E-state index contributed by atoms with van der Waals surface area (Å²) >= 11 is 1.41. The molecule has 28 nitrogen and oxygen atoms in total. The first-order chi connectivity index (χ1) is 49.8. The number of carbonyl (C=O) groups excluding carboxylic acids is 6. The second-order valence-electron chi connectivity index (χ2n) is 28.9. The number of pyridine rings is 1. The number of carboxylic acid groups (broad SMARTS) is 2. The standard InChI is InChI=1S/C75H87N9O19S/c1-45-51(49-22-24-57(79-61(49)67(93)94)82-29-27-47-14-10-17-50(52(47)37-82)66(92)80-70-78-53-18-7-8-19-56(53)104-70)36-76-84(45)44-74-39-72(2)38-73(3,40-74)42-75(41-72,43-74)100-33-31-98-32-34-101-81(4)71(97)99-30-12-13-46-21-23-55(102-69-64(91)62(89)63(90)65(103-69)68(95)96)54(35-46)77-58(86)20-11-16-48(85)15-6-5-9-28-83-59(87)25-26-60(83)88/h7-8,10,12-14,17-19,21-26,35-36,62-65,69,89-91H,5-6,9,11,15-16,20,27-34,37-44H2,1-4H3,(H,77,86)(H,93,94)(H,95,96)(H,78,80,92)/b13-12+/t62-,63+,64-,65-,69+,72?,73?,74?,75?/m0/s1. The lowest BCUT2D eigenvalue weighted by Crippen LogP contribution is -2.64. The maximum absolute atomic E-state index is 13.8. The quantitative estimate of drug-likeness (QED) is 0.0118. The molecule has 7 N–H and O–H groups in total. The molecule has 3 aromatic carbocycles. The van der Waals surface area contributed by atoms with Gasteiger partial charge in [-0.05, 0) is 153 Å². The van der Waals surface area contributed by atoms with Gasteiger partial charge >= 0.3 is 18.0 Å². The lowest BCUT2D eigenvalue weighted by Gasteiger charge is -2.69. The normalized spacial score (nSPS) is 24.7. The zero-order chi connectivity index (χ0) is 73.7. The van der Waals surface area contributed by atoms with Gasteiger partial charge in [0.1, 0.15) is 42.3 Å². The molecule has 552 valence electrons. The van der Waals surface area contributed by atoms with E-state index in [0.717, 1.165) is 75.5 Å². The van der Waals surface area contributed by atoms with Gasteiger partial charge in [-0.1, -0.05) is 68.0 Å². The average molecular weight is 1450 g/mol. The number of nitrogens with zero attached hydrogens (tertiary/aromatic N) is 7. The Morgan fingerprint density at radius 3 is 2.31 bits per heavy atom. The number of ketones is 1. The number of thiazole rings is 1. The van der Waals surface area contributed by atoms with Crippen LogP contribution in [0.2, 0.25) is 0 Å². The van der Waals surface area contributed by atoms with Crippen LogP contribution in [0.25, 0.3) is 27.4 Å². The molecule has 4 aliphatic carbocycles. The van der Waals surface area contributed by atoms with Crippen LogP contribution in [0.1, 0.15) is 141 Å². The largest absolute Gasteiger partial charge is 0.479 e. The molecular weight excluding hydrogens is 1360 g/mol. The number of aliphatic carboxylic acids is 1. The van der Waals surface area contributed by atoms with Gasteiger partial charge in [0, 0.05) is 87.0 Å². The van der Waals surface area contributed by atoms with Crippen molar-refractivity contribution in [2.24, 2.45) is 16.2 Å². The Bertz CT molecular complexity index is 4250. The number of para-hydroxylation sites is 1. The van der Waals surface area contributed by atoms with E-state index in [0.29, 0.717) is 85.1 Å². The summed E-state index contributed by atoms with van der Waals surface area (Å²) in [6.07, 6.45) is 5.50. The lowest BCUT2D eigenvalue weighted by molar-refractivity contribution is -0.271. The number of anilines is 3. The van der Waals surface area contributed by atoms with Crippen molar-refractivity contribution in [3.8, 4) is 16.9 Å². The molecule has 7 atom stereocenters. The number of amides is 5. The molecule has 29 heteroatoms. The van der Waals surface area contributed by atoms with Crippen LogP contribution in [-0.2, 0) is 67.3 Å². The summed E-state index contributed by atoms with van der Waals surface area (Å²) in [5.74, 6) is -3.96. The summed E-state index contributed by atoms with van der Waals surface area (Å²) in [5, 5.41) is 63.7. The van der Waals surface area contributed by atoms with Gasteiger partial charge in [-0.25, -0.2) is 24.4 Å². The number of aromatic carboxylic acids is 1. The Kier molecular flexibility index (Phi) is 22.6. The molecule has 13 rings (SSSR count). The Morgan fingerprint density at radius 1 is 0.788 bits per heavy atom. The number of nitrogens with one attached hydrogen (secondary N) is 2. The van der Waals surface area contributed by atoms with Crippen LogP contribution in [0, 0.1) is 23.2 Å². The third kappa shape index (κ3) is 17.1. The topological polar surface area (TPSA) is 370 Å². The average Bonchev–Trinajstić information content (AvgIpc) is 0.734. The van der Waals surface area contributed by atoms with E-state index < -0.39 is 54.6 Å². The van der Waals surface area contributed by atoms with E-state index in [1.807, 2.05) is 65.0 Å². The minimum absolute atomic E-state index is 0.0267. The third-order valence-electron chi connectivity index (χ3n) is 20.4. The summed E-state index contributed by atoms with van der Waals surface area (Å²) in [7, 11) is 1.40.